The van der Waals surface area contributed by atoms with Gasteiger partial charge in [-0.05, 0) is 12.1 Å². The number of hydrogen-bond donors (Lipinski definition) is 0. The van der Waals surface area contributed by atoms with E-state index in [1.807, 2.05) is 24.3 Å². The van der Waals surface area contributed by atoms with Crippen molar-refractivity contribution in [2.24, 2.45) is 0 Å². The Labute approximate surface area is 126 Å². The monoisotopic (exact) mass is 291 g/mol. The maximum absolute atomic E-state index is 12.7. The van der Waals surface area contributed by atoms with Crippen LogP contribution in [0, 0.1) is 0 Å². The number of para-hydroxylation sites is 1. The Hall–Kier alpha value is -3.08. The van der Waals surface area contributed by atoms with Gasteiger partial charge in [-0.1, -0.05) is 48.5 Å². The van der Waals surface area contributed by atoms with E-state index in [9.17, 15) is 9.59 Å². The maximum Gasteiger partial charge on any atom is 0.298 e. The second-order valence-corrected chi connectivity index (χ2v) is 4.76. The SMILES string of the molecule is CC(=O)c1nc(-c2ccccc2)c(=O)n(-c2ccccc2)n1. The highest BCUT2D eigenvalue weighted by Gasteiger charge is 2.15. The summed E-state index contributed by atoms with van der Waals surface area (Å²) in [5.41, 5.74) is 1.10. The molecule has 1 aromatic heterocycles. The van der Waals surface area contributed by atoms with Gasteiger partial charge >= 0.3 is 0 Å². The van der Waals surface area contributed by atoms with Crippen LogP contribution in [0.3, 0.4) is 0 Å². The van der Waals surface area contributed by atoms with E-state index in [4.69, 9.17) is 0 Å². The van der Waals surface area contributed by atoms with Gasteiger partial charge in [-0.15, -0.1) is 5.10 Å². The fraction of sp³-hybridized carbons (Fsp3) is 0.0588. The summed E-state index contributed by atoms with van der Waals surface area (Å²) in [7, 11) is 0. The van der Waals surface area contributed by atoms with Crippen molar-refractivity contribution in [3.8, 4) is 16.9 Å². The van der Waals surface area contributed by atoms with Crippen molar-refractivity contribution in [2.75, 3.05) is 0 Å². The fourth-order valence-electron chi connectivity index (χ4n) is 2.09. The lowest BCUT2D eigenvalue weighted by molar-refractivity contribution is 0.100. The summed E-state index contributed by atoms with van der Waals surface area (Å²) in [5.74, 6) is -0.274. The zero-order valence-corrected chi connectivity index (χ0v) is 11.9. The Bertz CT molecular complexity index is 808. The van der Waals surface area contributed by atoms with Crippen molar-refractivity contribution in [2.45, 2.75) is 6.92 Å². The summed E-state index contributed by atoms with van der Waals surface area (Å²) in [6.07, 6.45) is 0. The van der Waals surface area contributed by atoms with Gasteiger partial charge in [0, 0.05) is 12.5 Å². The Balaban J connectivity index is 2.30. The molecule has 0 radical (unpaired) electrons. The molecule has 5 heteroatoms. The molecule has 0 unspecified atom stereocenters. The van der Waals surface area contributed by atoms with Gasteiger partial charge in [0.25, 0.3) is 5.56 Å². The van der Waals surface area contributed by atoms with Crippen molar-refractivity contribution < 1.29 is 4.79 Å². The van der Waals surface area contributed by atoms with Gasteiger partial charge in [0.2, 0.25) is 5.82 Å². The van der Waals surface area contributed by atoms with Crippen LogP contribution in [0.15, 0.2) is 65.5 Å². The lowest BCUT2D eigenvalue weighted by Crippen LogP contribution is -2.27. The van der Waals surface area contributed by atoms with Gasteiger partial charge < -0.3 is 0 Å². The fourth-order valence-corrected chi connectivity index (χ4v) is 2.09. The van der Waals surface area contributed by atoms with Crippen LogP contribution < -0.4 is 5.56 Å². The van der Waals surface area contributed by atoms with E-state index in [1.165, 1.54) is 11.6 Å². The first-order valence-corrected chi connectivity index (χ1v) is 6.80. The second-order valence-electron chi connectivity index (χ2n) is 4.76. The number of Topliss-reactive ketones (excluding diaryl/α,β-unsaturated/α-hetero) is 1. The van der Waals surface area contributed by atoms with E-state index in [-0.39, 0.29) is 22.9 Å². The molecule has 0 saturated heterocycles. The first-order valence-electron chi connectivity index (χ1n) is 6.80. The van der Waals surface area contributed by atoms with Crippen LogP contribution in [0.25, 0.3) is 16.9 Å². The molecule has 0 fully saturated rings. The summed E-state index contributed by atoms with van der Waals surface area (Å²) in [6.45, 7) is 1.38. The predicted octanol–water partition coefficient (Wildman–Crippen LogP) is 2.50. The number of rotatable bonds is 3. The molecule has 0 amide bonds. The quantitative estimate of drug-likeness (QED) is 0.695. The molecule has 0 aliphatic rings. The van der Waals surface area contributed by atoms with Gasteiger partial charge in [-0.2, -0.15) is 4.68 Å². The van der Waals surface area contributed by atoms with Gasteiger partial charge in [-0.25, -0.2) is 4.98 Å². The van der Waals surface area contributed by atoms with Crippen molar-refractivity contribution in [3.05, 3.63) is 76.8 Å². The van der Waals surface area contributed by atoms with Crippen molar-refractivity contribution in [1.82, 2.24) is 14.8 Å². The Morgan fingerprint density at radius 2 is 1.55 bits per heavy atom. The second kappa shape index (κ2) is 5.73. The summed E-state index contributed by atoms with van der Waals surface area (Å²) >= 11 is 0. The minimum absolute atomic E-state index is 0.0160. The van der Waals surface area contributed by atoms with Crippen molar-refractivity contribution in [1.29, 1.82) is 0 Å². The molecule has 0 bridgehead atoms. The van der Waals surface area contributed by atoms with E-state index in [2.05, 4.69) is 10.1 Å². The Morgan fingerprint density at radius 1 is 0.955 bits per heavy atom. The minimum atomic E-state index is -0.359. The summed E-state index contributed by atoms with van der Waals surface area (Å²) < 4.78 is 1.21. The number of benzene rings is 2. The van der Waals surface area contributed by atoms with E-state index >= 15 is 0 Å². The summed E-state index contributed by atoms with van der Waals surface area (Å²) in [6, 6.07) is 18.0. The molecule has 0 aliphatic heterocycles. The molecule has 0 atom stereocenters. The summed E-state index contributed by atoms with van der Waals surface area (Å²) in [4.78, 5) is 28.5. The molecule has 108 valence electrons. The first-order chi connectivity index (χ1) is 10.7. The van der Waals surface area contributed by atoms with E-state index in [1.54, 1.807) is 36.4 Å². The number of aromatic nitrogens is 3. The standard InChI is InChI=1S/C17H13N3O2/c1-12(21)16-18-15(13-8-4-2-5-9-13)17(22)20(19-16)14-10-6-3-7-11-14/h2-11H,1H3. The smallest absolute Gasteiger partial charge is 0.291 e. The molecule has 0 aliphatic carbocycles. The third-order valence-electron chi connectivity index (χ3n) is 3.17. The largest absolute Gasteiger partial charge is 0.298 e. The first kappa shape index (κ1) is 13.9. The van der Waals surface area contributed by atoms with Gasteiger partial charge in [0.1, 0.15) is 5.69 Å². The average molecular weight is 291 g/mol. The third-order valence-corrected chi connectivity index (χ3v) is 3.17. The molecule has 0 N–H and O–H groups in total. The van der Waals surface area contributed by atoms with Gasteiger partial charge in [0.15, 0.2) is 5.78 Å². The molecule has 0 saturated carbocycles. The number of carbonyl (C=O) groups excluding carboxylic acids is 1. The highest BCUT2D eigenvalue weighted by molar-refractivity contribution is 5.90. The van der Waals surface area contributed by atoms with Crippen molar-refractivity contribution >= 4 is 5.78 Å². The number of nitrogens with zero attached hydrogens (tertiary/aromatic N) is 3. The third kappa shape index (κ3) is 2.56. The molecular formula is C17H13N3O2. The maximum atomic E-state index is 12.7. The molecule has 2 aromatic carbocycles. The van der Waals surface area contributed by atoms with E-state index < -0.39 is 0 Å². The Kier molecular flexibility index (Phi) is 3.62. The molecule has 3 rings (SSSR count). The molecule has 0 spiro atoms. The van der Waals surface area contributed by atoms with E-state index in [0.717, 1.165) is 0 Å². The number of hydrogen-bond acceptors (Lipinski definition) is 4. The highest BCUT2D eigenvalue weighted by atomic mass is 16.1. The zero-order chi connectivity index (χ0) is 15.5. The zero-order valence-electron chi connectivity index (χ0n) is 11.9. The van der Waals surface area contributed by atoms with Crippen LogP contribution in [-0.4, -0.2) is 20.5 Å². The van der Waals surface area contributed by atoms with E-state index in [0.29, 0.717) is 11.3 Å². The Morgan fingerprint density at radius 3 is 2.14 bits per heavy atom. The number of carbonyl (C=O) groups is 1. The van der Waals surface area contributed by atoms with Gasteiger partial charge in [-0.3, -0.25) is 9.59 Å². The molecule has 1 heterocycles. The lowest BCUT2D eigenvalue weighted by Gasteiger charge is -2.08. The molecule has 22 heavy (non-hydrogen) atoms. The predicted molar refractivity (Wildman–Crippen MR) is 83.1 cm³/mol. The topological polar surface area (TPSA) is 64.8 Å². The molecular weight excluding hydrogens is 278 g/mol. The highest BCUT2D eigenvalue weighted by Crippen LogP contribution is 2.13. The minimum Gasteiger partial charge on any atom is -0.291 e. The van der Waals surface area contributed by atoms with Crippen LogP contribution in [0.4, 0.5) is 0 Å². The molecule has 3 aromatic rings. The van der Waals surface area contributed by atoms with Gasteiger partial charge in [0.05, 0.1) is 5.69 Å². The van der Waals surface area contributed by atoms with Crippen LogP contribution in [0.2, 0.25) is 0 Å². The van der Waals surface area contributed by atoms with Crippen LogP contribution in [-0.2, 0) is 0 Å². The molecule has 5 nitrogen and oxygen atoms in total. The van der Waals surface area contributed by atoms with Crippen LogP contribution >= 0.6 is 0 Å². The lowest BCUT2D eigenvalue weighted by atomic mass is 10.1. The van der Waals surface area contributed by atoms with Crippen LogP contribution in [0.1, 0.15) is 17.5 Å². The summed E-state index contributed by atoms with van der Waals surface area (Å²) in [5, 5.41) is 4.07. The van der Waals surface area contributed by atoms with Crippen molar-refractivity contribution in [3.63, 3.8) is 0 Å². The number of ketones is 1. The van der Waals surface area contributed by atoms with Crippen LogP contribution in [0.5, 0.6) is 0 Å². The normalized spacial score (nSPS) is 10.4. The average Bonchev–Trinajstić information content (AvgIpc) is 2.56.